The largest absolute Gasteiger partial charge is 0.490 e. The van der Waals surface area contributed by atoms with Crippen LogP contribution in [0.2, 0.25) is 0 Å². The number of carbonyl (C=O) groups is 1. The standard InChI is InChI=1S/C49H55F2NO4/c50-45-35(5-3-7-43(45)33-9-13-39(14-10-33)55-41-18-24-48(25-19-41)22-1-2-23-48)29-38-17-26-49(38)27-20-42(21-28-49)56-40-15-11-34(12-16-40)44-8-4-6-36(46(44)51)30-52-31-37(32-52)47(53)54/h3-16,37-38,41-42H,1-2,17-32H2,(H,53,54). The molecule has 1 saturated heterocycles. The van der Waals surface area contributed by atoms with E-state index >= 15 is 8.78 Å². The van der Waals surface area contributed by atoms with Crippen LogP contribution in [0, 0.1) is 34.3 Å². The number of likely N-dealkylation sites (tertiary alicyclic amines) is 1. The lowest BCUT2D eigenvalue weighted by atomic mass is 9.52. The van der Waals surface area contributed by atoms with Gasteiger partial charge in [0.25, 0.3) is 0 Å². The highest BCUT2D eigenvalue weighted by atomic mass is 19.1. The topological polar surface area (TPSA) is 59.0 Å². The van der Waals surface area contributed by atoms with Gasteiger partial charge in [0, 0.05) is 36.3 Å². The Bertz CT molecular complexity index is 2000. The second-order valence-corrected chi connectivity index (χ2v) is 18.0. The number of hydrogen-bond acceptors (Lipinski definition) is 4. The number of benzene rings is 4. The number of ether oxygens (including phenoxy) is 2. The van der Waals surface area contributed by atoms with Gasteiger partial charge in [-0.25, -0.2) is 8.78 Å². The molecular weight excluding hydrogens is 705 g/mol. The van der Waals surface area contributed by atoms with Crippen molar-refractivity contribution < 1.29 is 28.2 Å². The minimum atomic E-state index is -0.791. The predicted molar refractivity (Wildman–Crippen MR) is 216 cm³/mol. The van der Waals surface area contributed by atoms with E-state index in [1.54, 1.807) is 12.1 Å². The van der Waals surface area contributed by atoms with Crippen LogP contribution in [0.3, 0.4) is 0 Å². The van der Waals surface area contributed by atoms with Crippen LogP contribution in [-0.2, 0) is 17.8 Å². The summed E-state index contributed by atoms with van der Waals surface area (Å²) in [5.74, 6) is 0.658. The van der Waals surface area contributed by atoms with Gasteiger partial charge in [-0.1, -0.05) is 73.5 Å². The highest BCUT2D eigenvalue weighted by Gasteiger charge is 2.48. The molecule has 0 aromatic heterocycles. The minimum Gasteiger partial charge on any atom is -0.490 e. The van der Waals surface area contributed by atoms with E-state index in [0.29, 0.717) is 47.7 Å². The highest BCUT2D eigenvalue weighted by molar-refractivity contribution is 5.71. The van der Waals surface area contributed by atoms with Crippen LogP contribution in [0.25, 0.3) is 22.3 Å². The summed E-state index contributed by atoms with van der Waals surface area (Å²) in [5.41, 5.74) is 5.16. The fourth-order valence-corrected chi connectivity index (χ4v) is 11.0. The molecule has 4 saturated carbocycles. The van der Waals surface area contributed by atoms with Gasteiger partial charge in [0.15, 0.2) is 0 Å². The molecule has 1 aliphatic heterocycles. The number of halogens is 2. The van der Waals surface area contributed by atoms with Crippen molar-refractivity contribution in [1.29, 1.82) is 0 Å². The summed E-state index contributed by atoms with van der Waals surface area (Å²) in [6.45, 7) is 1.31. The van der Waals surface area contributed by atoms with Gasteiger partial charge in [-0.2, -0.15) is 0 Å². The summed E-state index contributed by atoms with van der Waals surface area (Å²) in [6.07, 6.45) is 18.1. The van der Waals surface area contributed by atoms with Gasteiger partial charge in [-0.3, -0.25) is 9.69 Å². The molecule has 294 valence electrons. The Morgan fingerprint density at radius 3 is 1.66 bits per heavy atom. The first-order chi connectivity index (χ1) is 27.2. The van der Waals surface area contributed by atoms with E-state index in [-0.39, 0.29) is 35.2 Å². The molecule has 1 unspecified atom stereocenters. The lowest BCUT2D eigenvalue weighted by Gasteiger charge is -2.53. The maximum absolute atomic E-state index is 16.1. The van der Waals surface area contributed by atoms with Gasteiger partial charge in [-0.15, -0.1) is 0 Å². The SMILES string of the molecule is O=C(O)C1CN(Cc2cccc(-c3ccc(OC4CCC5(CC4)CCC5Cc4cccc(-c5ccc(OC6CCC7(CCCC7)CC6)cc5)c4F)cc3)c2F)C1. The van der Waals surface area contributed by atoms with E-state index in [2.05, 4.69) is 0 Å². The summed E-state index contributed by atoms with van der Waals surface area (Å²) < 4.78 is 44.5. The Hall–Kier alpha value is -4.23. The van der Waals surface area contributed by atoms with Gasteiger partial charge in [0.1, 0.15) is 23.1 Å². The van der Waals surface area contributed by atoms with Gasteiger partial charge >= 0.3 is 5.97 Å². The molecule has 0 radical (unpaired) electrons. The van der Waals surface area contributed by atoms with Gasteiger partial charge in [0.05, 0.1) is 18.1 Å². The number of carboxylic acids is 1. The second kappa shape index (κ2) is 15.6. The number of hydrogen-bond donors (Lipinski definition) is 1. The molecule has 1 atom stereocenters. The van der Waals surface area contributed by atoms with Crippen molar-refractivity contribution in [2.24, 2.45) is 22.7 Å². The normalized spacial score (nSPS) is 23.5. The molecule has 5 fully saturated rings. The first-order valence-corrected chi connectivity index (χ1v) is 21.3. The van der Waals surface area contributed by atoms with Crippen LogP contribution >= 0.6 is 0 Å². The average Bonchev–Trinajstić information content (AvgIpc) is 3.65. The number of nitrogens with zero attached hydrogens (tertiary/aromatic N) is 1. The van der Waals surface area contributed by atoms with Gasteiger partial charge in [-0.05, 0) is 141 Å². The lowest BCUT2D eigenvalue weighted by molar-refractivity contribution is -0.147. The molecule has 1 heterocycles. The van der Waals surface area contributed by atoms with Crippen molar-refractivity contribution in [2.45, 2.75) is 115 Å². The molecule has 5 aliphatic rings. The van der Waals surface area contributed by atoms with Crippen LogP contribution in [-0.4, -0.2) is 41.3 Å². The summed E-state index contributed by atoms with van der Waals surface area (Å²) >= 11 is 0. The van der Waals surface area contributed by atoms with Crippen LogP contribution < -0.4 is 9.47 Å². The number of carboxylic acid groups (broad SMARTS) is 1. The zero-order valence-electron chi connectivity index (χ0n) is 32.5. The van der Waals surface area contributed by atoms with Crippen LogP contribution in [0.1, 0.15) is 101 Å². The van der Waals surface area contributed by atoms with E-state index in [1.807, 2.05) is 77.7 Å². The fraction of sp³-hybridized carbons (Fsp3) is 0.490. The Morgan fingerprint density at radius 1 is 0.643 bits per heavy atom. The maximum atomic E-state index is 16.1. The van der Waals surface area contributed by atoms with E-state index in [0.717, 1.165) is 79.6 Å². The van der Waals surface area contributed by atoms with E-state index in [9.17, 15) is 4.79 Å². The van der Waals surface area contributed by atoms with Crippen LogP contribution in [0.4, 0.5) is 8.78 Å². The minimum absolute atomic E-state index is 0.0885. The molecule has 4 aliphatic carbocycles. The molecule has 4 aromatic carbocycles. The molecule has 5 nitrogen and oxygen atoms in total. The van der Waals surface area contributed by atoms with Crippen LogP contribution in [0.5, 0.6) is 11.5 Å². The lowest BCUT2D eigenvalue weighted by Crippen LogP contribution is -2.49. The second-order valence-electron chi connectivity index (χ2n) is 18.0. The zero-order valence-corrected chi connectivity index (χ0v) is 32.5. The highest BCUT2D eigenvalue weighted by Crippen LogP contribution is 2.57. The number of rotatable bonds is 11. The maximum Gasteiger partial charge on any atom is 0.309 e. The Kier molecular flexibility index (Phi) is 10.4. The molecule has 2 spiro atoms. The van der Waals surface area contributed by atoms with Crippen molar-refractivity contribution in [3.8, 4) is 33.8 Å². The molecule has 0 bridgehead atoms. The zero-order chi connectivity index (χ0) is 38.3. The summed E-state index contributed by atoms with van der Waals surface area (Å²) in [6, 6.07) is 27.1. The molecule has 1 N–H and O–H groups in total. The van der Waals surface area contributed by atoms with Gasteiger partial charge < -0.3 is 14.6 Å². The molecule has 0 amide bonds. The summed E-state index contributed by atoms with van der Waals surface area (Å²) in [5, 5.41) is 9.16. The smallest absolute Gasteiger partial charge is 0.309 e. The fourth-order valence-electron chi connectivity index (χ4n) is 11.0. The predicted octanol–water partition coefficient (Wildman–Crippen LogP) is 11.7. The average molecular weight is 760 g/mol. The van der Waals surface area contributed by atoms with Crippen molar-refractivity contribution in [1.82, 2.24) is 4.90 Å². The molecule has 4 aromatic rings. The quantitative estimate of drug-likeness (QED) is 0.165. The molecular formula is C49H55F2NO4. The Morgan fingerprint density at radius 2 is 1.14 bits per heavy atom. The van der Waals surface area contributed by atoms with Gasteiger partial charge in [0.2, 0.25) is 0 Å². The Labute approximate surface area is 330 Å². The van der Waals surface area contributed by atoms with Crippen molar-refractivity contribution in [3.05, 3.63) is 108 Å². The van der Waals surface area contributed by atoms with E-state index in [1.165, 1.54) is 44.9 Å². The van der Waals surface area contributed by atoms with Crippen molar-refractivity contribution >= 4 is 5.97 Å². The van der Waals surface area contributed by atoms with Crippen molar-refractivity contribution in [2.75, 3.05) is 13.1 Å². The third-order valence-electron chi connectivity index (χ3n) is 14.7. The third kappa shape index (κ3) is 7.60. The van der Waals surface area contributed by atoms with E-state index < -0.39 is 5.97 Å². The monoisotopic (exact) mass is 759 g/mol. The summed E-state index contributed by atoms with van der Waals surface area (Å²) in [4.78, 5) is 13.1. The first kappa shape index (κ1) is 37.4. The van der Waals surface area contributed by atoms with Crippen molar-refractivity contribution in [3.63, 3.8) is 0 Å². The summed E-state index contributed by atoms with van der Waals surface area (Å²) in [7, 11) is 0. The molecule has 56 heavy (non-hydrogen) atoms. The van der Waals surface area contributed by atoms with Crippen LogP contribution in [0.15, 0.2) is 84.9 Å². The number of aliphatic carboxylic acids is 1. The van der Waals surface area contributed by atoms with E-state index in [4.69, 9.17) is 14.6 Å². The third-order valence-corrected chi connectivity index (χ3v) is 14.7. The molecule has 9 rings (SSSR count). The Balaban J connectivity index is 0.767. The molecule has 7 heteroatoms. The first-order valence-electron chi connectivity index (χ1n) is 21.3.